The molecular formula is C39H35NO3. The third-order valence-electron chi connectivity index (χ3n) is 8.53. The third-order valence-corrected chi connectivity index (χ3v) is 8.53. The average molecular weight is 566 g/mol. The number of carbonyl (C=O) groups excluding carboxylic acids is 1. The van der Waals surface area contributed by atoms with Crippen LogP contribution in [-0.4, -0.2) is 5.78 Å². The van der Waals surface area contributed by atoms with Crippen LogP contribution in [0.15, 0.2) is 127 Å². The van der Waals surface area contributed by atoms with Crippen molar-refractivity contribution in [3.63, 3.8) is 0 Å². The van der Waals surface area contributed by atoms with Crippen molar-refractivity contribution in [2.75, 3.05) is 5.32 Å². The maximum atomic E-state index is 13.9. The highest BCUT2D eigenvalue weighted by Gasteiger charge is 2.41. The first-order valence-electron chi connectivity index (χ1n) is 15.0. The van der Waals surface area contributed by atoms with Crippen LogP contribution in [0.2, 0.25) is 0 Å². The van der Waals surface area contributed by atoms with E-state index >= 15 is 0 Å². The fourth-order valence-corrected chi connectivity index (χ4v) is 6.54. The van der Waals surface area contributed by atoms with Gasteiger partial charge in [-0.3, -0.25) is 4.79 Å². The Morgan fingerprint density at radius 3 is 2.09 bits per heavy atom. The van der Waals surface area contributed by atoms with E-state index in [0.717, 1.165) is 56.4 Å². The number of hydrogen-bond acceptors (Lipinski definition) is 4. The molecule has 5 aromatic carbocycles. The topological polar surface area (TPSA) is 47.6 Å². The van der Waals surface area contributed by atoms with Crippen LogP contribution in [0.5, 0.6) is 11.5 Å². The lowest BCUT2D eigenvalue weighted by Gasteiger charge is -2.40. The maximum absolute atomic E-state index is 13.9. The van der Waals surface area contributed by atoms with E-state index in [0.29, 0.717) is 31.1 Å². The van der Waals surface area contributed by atoms with Gasteiger partial charge in [0, 0.05) is 29.3 Å². The predicted molar refractivity (Wildman–Crippen MR) is 172 cm³/mol. The Hall–Kier alpha value is -4.83. The molecule has 0 saturated heterocycles. The van der Waals surface area contributed by atoms with Crippen LogP contribution in [0.1, 0.15) is 54.9 Å². The summed E-state index contributed by atoms with van der Waals surface area (Å²) in [5.74, 6) is 1.34. The summed E-state index contributed by atoms with van der Waals surface area (Å²) in [7, 11) is 0. The lowest BCUT2D eigenvalue weighted by molar-refractivity contribution is -0.118. The van der Waals surface area contributed by atoms with Gasteiger partial charge in [0.25, 0.3) is 0 Å². The minimum atomic E-state index is -0.219. The van der Waals surface area contributed by atoms with Crippen LogP contribution in [-0.2, 0) is 18.0 Å². The molecule has 7 rings (SSSR count). The lowest BCUT2D eigenvalue weighted by atomic mass is 9.68. The van der Waals surface area contributed by atoms with Crippen molar-refractivity contribution in [2.24, 2.45) is 5.41 Å². The highest BCUT2D eigenvalue weighted by molar-refractivity contribution is 6.04. The Kier molecular flexibility index (Phi) is 6.98. The highest BCUT2D eigenvalue weighted by atomic mass is 16.5. The van der Waals surface area contributed by atoms with Crippen LogP contribution in [0.25, 0.3) is 10.8 Å². The quantitative estimate of drug-likeness (QED) is 0.214. The van der Waals surface area contributed by atoms with Crippen molar-refractivity contribution in [3.8, 4) is 11.5 Å². The molecule has 0 amide bonds. The Bertz CT molecular complexity index is 1840. The Labute approximate surface area is 253 Å². The molecule has 0 radical (unpaired) electrons. The molecule has 0 fully saturated rings. The van der Waals surface area contributed by atoms with Crippen LogP contribution >= 0.6 is 0 Å². The van der Waals surface area contributed by atoms with Gasteiger partial charge in [-0.05, 0) is 63.1 Å². The van der Waals surface area contributed by atoms with E-state index in [1.807, 2.05) is 42.5 Å². The molecule has 1 unspecified atom stereocenters. The van der Waals surface area contributed by atoms with Crippen LogP contribution < -0.4 is 14.8 Å². The van der Waals surface area contributed by atoms with Crippen molar-refractivity contribution in [1.82, 2.24) is 0 Å². The SMILES string of the molecule is CC1(C)CC(=O)C2=C(C1)Nc1ccc3ccccc3c1C2c1ccc(OCc2ccccc2)c(OCc2ccccc2)c1. The Balaban J connectivity index is 1.35. The maximum Gasteiger partial charge on any atom is 0.162 e. The van der Waals surface area contributed by atoms with E-state index in [-0.39, 0.29) is 17.1 Å². The molecule has 0 saturated carbocycles. The summed E-state index contributed by atoms with van der Waals surface area (Å²) in [6.07, 6.45) is 1.35. The van der Waals surface area contributed by atoms with Crippen molar-refractivity contribution in [3.05, 3.63) is 149 Å². The van der Waals surface area contributed by atoms with Gasteiger partial charge >= 0.3 is 0 Å². The second-order valence-electron chi connectivity index (χ2n) is 12.4. The number of rotatable bonds is 7. The van der Waals surface area contributed by atoms with Crippen LogP contribution in [0.4, 0.5) is 5.69 Å². The van der Waals surface area contributed by atoms with Crippen molar-refractivity contribution < 1.29 is 14.3 Å². The van der Waals surface area contributed by atoms with E-state index in [2.05, 4.69) is 92.0 Å². The molecule has 0 aromatic heterocycles. The second kappa shape index (κ2) is 11.1. The number of nitrogens with one attached hydrogen (secondary N) is 1. The van der Waals surface area contributed by atoms with Crippen LogP contribution in [0, 0.1) is 5.41 Å². The zero-order valence-corrected chi connectivity index (χ0v) is 24.6. The zero-order valence-electron chi connectivity index (χ0n) is 24.6. The summed E-state index contributed by atoms with van der Waals surface area (Å²) < 4.78 is 12.8. The third kappa shape index (κ3) is 5.41. The van der Waals surface area contributed by atoms with Gasteiger partial charge in [0.05, 0.1) is 0 Å². The largest absolute Gasteiger partial charge is 0.485 e. The molecule has 1 aliphatic carbocycles. The Morgan fingerprint density at radius 1 is 0.721 bits per heavy atom. The van der Waals surface area contributed by atoms with Gasteiger partial charge in [0.15, 0.2) is 17.3 Å². The lowest BCUT2D eigenvalue weighted by Crippen LogP contribution is -2.33. The number of hydrogen-bond donors (Lipinski definition) is 1. The second-order valence-corrected chi connectivity index (χ2v) is 12.4. The number of anilines is 1. The number of carbonyl (C=O) groups is 1. The normalized spacial score (nSPS) is 17.2. The summed E-state index contributed by atoms with van der Waals surface area (Å²) in [5.41, 5.74) is 7.19. The van der Waals surface area contributed by atoms with E-state index in [1.165, 1.54) is 0 Å². The molecule has 43 heavy (non-hydrogen) atoms. The molecule has 0 spiro atoms. The van der Waals surface area contributed by atoms with Gasteiger partial charge in [-0.2, -0.15) is 0 Å². The number of fused-ring (bicyclic) bond motifs is 3. The van der Waals surface area contributed by atoms with Crippen molar-refractivity contribution in [1.29, 1.82) is 0 Å². The average Bonchev–Trinajstić information content (AvgIpc) is 3.02. The smallest absolute Gasteiger partial charge is 0.162 e. The van der Waals surface area contributed by atoms with E-state index < -0.39 is 0 Å². The number of ketones is 1. The van der Waals surface area contributed by atoms with E-state index in [4.69, 9.17) is 9.47 Å². The first kappa shape index (κ1) is 27.0. The number of Topliss-reactive ketones (excluding diaryl/α,β-unsaturated/α-hetero) is 1. The van der Waals surface area contributed by atoms with E-state index in [9.17, 15) is 4.79 Å². The van der Waals surface area contributed by atoms with Gasteiger partial charge < -0.3 is 14.8 Å². The molecule has 1 aliphatic heterocycles. The molecule has 214 valence electrons. The first-order chi connectivity index (χ1) is 20.9. The summed E-state index contributed by atoms with van der Waals surface area (Å²) in [4.78, 5) is 13.9. The predicted octanol–water partition coefficient (Wildman–Crippen LogP) is 9.20. The van der Waals surface area contributed by atoms with Crippen molar-refractivity contribution in [2.45, 2.75) is 45.8 Å². The minimum absolute atomic E-state index is 0.0963. The summed E-state index contributed by atoms with van der Waals surface area (Å²) >= 11 is 0. The molecule has 0 bridgehead atoms. The fourth-order valence-electron chi connectivity index (χ4n) is 6.54. The fraction of sp³-hybridized carbons (Fsp3) is 0.205. The highest BCUT2D eigenvalue weighted by Crippen LogP contribution is 2.51. The molecular weight excluding hydrogens is 530 g/mol. The summed E-state index contributed by atoms with van der Waals surface area (Å²) in [6.45, 7) is 5.20. The molecule has 5 aromatic rings. The van der Waals surface area contributed by atoms with Crippen LogP contribution in [0.3, 0.4) is 0 Å². The summed E-state index contributed by atoms with van der Waals surface area (Å²) in [6, 6.07) is 39.3. The Morgan fingerprint density at radius 2 is 1.37 bits per heavy atom. The number of benzene rings is 5. The minimum Gasteiger partial charge on any atom is -0.485 e. The van der Waals surface area contributed by atoms with Gasteiger partial charge in [0.2, 0.25) is 0 Å². The van der Waals surface area contributed by atoms with E-state index in [1.54, 1.807) is 0 Å². The monoisotopic (exact) mass is 565 g/mol. The molecule has 4 nitrogen and oxygen atoms in total. The molecule has 2 aliphatic rings. The summed E-state index contributed by atoms with van der Waals surface area (Å²) in [5, 5.41) is 6.00. The standard InChI is InChI=1S/C39H35NO3/c1-39(2)22-32-38(33(41)23-39)36(37-30-16-10-9-15-28(30)17-19-31(37)40-32)29-18-20-34(42-24-26-11-5-3-6-12-26)35(21-29)43-25-27-13-7-4-8-14-27/h3-21,36,40H,22-25H2,1-2H3. The van der Waals surface area contributed by atoms with Gasteiger partial charge in [0.1, 0.15) is 13.2 Å². The number of ether oxygens (including phenoxy) is 2. The van der Waals surface area contributed by atoms with Gasteiger partial charge in [-0.25, -0.2) is 0 Å². The van der Waals surface area contributed by atoms with Crippen molar-refractivity contribution >= 4 is 22.2 Å². The first-order valence-corrected chi connectivity index (χ1v) is 15.0. The van der Waals surface area contributed by atoms with Gasteiger partial charge in [-0.15, -0.1) is 0 Å². The molecule has 4 heteroatoms. The molecule has 1 heterocycles. The number of allylic oxidation sites excluding steroid dienone is 2. The molecule has 1 atom stereocenters. The van der Waals surface area contributed by atoms with Gasteiger partial charge in [-0.1, -0.05) is 111 Å². The zero-order chi connectivity index (χ0) is 29.4. The molecule has 1 N–H and O–H groups in total.